The quantitative estimate of drug-likeness (QED) is 0.0321. The Kier molecular flexibility index (Phi) is 59.0. The molecule has 0 aromatic rings. The molecular weight excluding hydrogens is 863 g/mol. The molecule has 416 valence electrons. The van der Waals surface area contributed by atoms with Gasteiger partial charge in [0.05, 0.1) is 25.4 Å². The van der Waals surface area contributed by atoms with Crippen molar-refractivity contribution in [2.24, 2.45) is 0 Å². The summed E-state index contributed by atoms with van der Waals surface area (Å²) in [6, 6.07) is -0.629. The Labute approximate surface area is 438 Å². The molecule has 3 N–H and O–H groups in total. The van der Waals surface area contributed by atoms with E-state index in [1.54, 1.807) is 6.08 Å². The van der Waals surface area contributed by atoms with Crippen molar-refractivity contribution < 1.29 is 24.5 Å². The average Bonchev–Trinajstić information content (AvgIpc) is 3.36. The van der Waals surface area contributed by atoms with Gasteiger partial charge in [0.25, 0.3) is 0 Å². The molecule has 6 heteroatoms. The summed E-state index contributed by atoms with van der Waals surface area (Å²) >= 11 is 0. The predicted octanol–water partition coefficient (Wildman–Crippen LogP) is 20.0. The Morgan fingerprint density at radius 1 is 0.386 bits per heavy atom. The lowest BCUT2D eigenvalue weighted by molar-refractivity contribution is -0.143. The number of amides is 1. The molecule has 0 fully saturated rings. The second kappa shape index (κ2) is 60.2. The van der Waals surface area contributed by atoms with Crippen molar-refractivity contribution in [1.82, 2.24) is 5.32 Å². The number of hydrogen-bond acceptors (Lipinski definition) is 5. The number of ether oxygens (including phenoxy) is 1. The molecule has 0 aliphatic rings. The average molecular weight is 989 g/mol. The summed E-state index contributed by atoms with van der Waals surface area (Å²) in [5.41, 5.74) is 0. The summed E-state index contributed by atoms with van der Waals surface area (Å²) < 4.78 is 5.50. The van der Waals surface area contributed by atoms with Gasteiger partial charge in [0.15, 0.2) is 0 Å². The van der Waals surface area contributed by atoms with Crippen LogP contribution < -0.4 is 5.32 Å². The van der Waals surface area contributed by atoms with E-state index >= 15 is 0 Å². The van der Waals surface area contributed by atoms with Crippen LogP contribution in [0, 0.1) is 0 Å². The first-order valence-corrected chi connectivity index (χ1v) is 32.0. The van der Waals surface area contributed by atoms with Gasteiger partial charge in [-0.2, -0.15) is 0 Å². The van der Waals surface area contributed by atoms with Gasteiger partial charge in [0.2, 0.25) is 5.91 Å². The summed E-state index contributed by atoms with van der Waals surface area (Å²) in [4.78, 5) is 24.6. The molecule has 0 spiro atoms. The highest BCUT2D eigenvalue weighted by Gasteiger charge is 2.18. The molecule has 70 heavy (non-hydrogen) atoms. The highest BCUT2D eigenvalue weighted by Crippen LogP contribution is 2.18. The number of nitrogens with one attached hydrogen (secondary N) is 1. The number of carbonyl (C=O) groups excluding carboxylic acids is 2. The van der Waals surface area contributed by atoms with Crippen LogP contribution in [0.4, 0.5) is 0 Å². The van der Waals surface area contributed by atoms with E-state index in [4.69, 9.17) is 4.74 Å². The number of esters is 1. The van der Waals surface area contributed by atoms with Crippen molar-refractivity contribution >= 4 is 11.9 Å². The maximum Gasteiger partial charge on any atom is 0.305 e. The van der Waals surface area contributed by atoms with Crippen LogP contribution in [-0.2, 0) is 14.3 Å². The van der Waals surface area contributed by atoms with Crippen LogP contribution in [0.5, 0.6) is 0 Å². The predicted molar refractivity (Wildman–Crippen MR) is 306 cm³/mol. The lowest BCUT2D eigenvalue weighted by Crippen LogP contribution is -2.45. The molecule has 0 saturated heterocycles. The van der Waals surface area contributed by atoms with Crippen LogP contribution in [0.25, 0.3) is 0 Å². The van der Waals surface area contributed by atoms with Gasteiger partial charge in [-0.25, -0.2) is 0 Å². The minimum atomic E-state index is -0.845. The molecule has 1 amide bonds. The van der Waals surface area contributed by atoms with Crippen LogP contribution in [-0.4, -0.2) is 47.4 Å². The van der Waals surface area contributed by atoms with Crippen LogP contribution in [0.15, 0.2) is 12.2 Å². The number of carbonyl (C=O) groups is 2. The highest BCUT2D eigenvalue weighted by atomic mass is 16.5. The van der Waals surface area contributed by atoms with E-state index in [0.29, 0.717) is 19.4 Å². The fourth-order valence-electron chi connectivity index (χ4n) is 10.2. The SMILES string of the molecule is CCCCCCCCCCCCCCC/C=C/C(O)C(CO)NC(=O)CCCCCCCCCCCCCCCCCCCCCOC(=O)CCCCCCCCCCCCCCCCCCCCC. The van der Waals surface area contributed by atoms with Crippen LogP contribution >= 0.6 is 0 Å². The molecule has 0 aliphatic heterocycles. The first-order chi connectivity index (χ1) is 34.5. The molecule has 6 nitrogen and oxygen atoms in total. The maximum atomic E-state index is 12.5. The van der Waals surface area contributed by atoms with Crippen molar-refractivity contribution in [3.63, 3.8) is 0 Å². The van der Waals surface area contributed by atoms with Crippen LogP contribution in [0.3, 0.4) is 0 Å². The molecule has 0 aliphatic carbocycles. The van der Waals surface area contributed by atoms with E-state index in [-0.39, 0.29) is 18.5 Å². The van der Waals surface area contributed by atoms with E-state index in [1.165, 1.54) is 295 Å². The second-order valence-electron chi connectivity index (χ2n) is 22.1. The van der Waals surface area contributed by atoms with Gasteiger partial charge < -0.3 is 20.3 Å². The minimum absolute atomic E-state index is 0.0139. The molecule has 0 saturated carbocycles. The van der Waals surface area contributed by atoms with Gasteiger partial charge in [0.1, 0.15) is 0 Å². The summed E-state index contributed by atoms with van der Waals surface area (Å²) in [7, 11) is 0. The summed E-state index contributed by atoms with van der Waals surface area (Å²) in [6.45, 7) is 4.93. The van der Waals surface area contributed by atoms with E-state index in [1.807, 2.05) is 6.08 Å². The molecule has 0 rings (SSSR count). The second-order valence-corrected chi connectivity index (χ2v) is 22.1. The molecule has 2 unspecified atom stereocenters. The Balaban J connectivity index is 3.38. The van der Waals surface area contributed by atoms with Gasteiger partial charge >= 0.3 is 5.97 Å². The van der Waals surface area contributed by atoms with Crippen molar-refractivity contribution in [2.45, 2.75) is 373 Å². The first-order valence-electron chi connectivity index (χ1n) is 32.0. The molecule has 0 aromatic heterocycles. The molecular formula is C64H125NO5. The summed E-state index contributed by atoms with van der Waals surface area (Å²) in [6.07, 6.45) is 72.5. The topological polar surface area (TPSA) is 95.9 Å². The van der Waals surface area contributed by atoms with Crippen LogP contribution in [0.2, 0.25) is 0 Å². The van der Waals surface area contributed by atoms with Crippen LogP contribution in [0.1, 0.15) is 361 Å². The smallest absolute Gasteiger partial charge is 0.305 e. The minimum Gasteiger partial charge on any atom is -0.466 e. The number of unbranched alkanes of at least 4 members (excludes halogenated alkanes) is 49. The third-order valence-corrected chi connectivity index (χ3v) is 15.1. The molecule has 2 atom stereocenters. The van der Waals surface area contributed by atoms with Crippen molar-refractivity contribution in [1.29, 1.82) is 0 Å². The third kappa shape index (κ3) is 55.9. The van der Waals surface area contributed by atoms with Crippen molar-refractivity contribution in [3.05, 3.63) is 12.2 Å². The molecule has 0 bridgehead atoms. The lowest BCUT2D eigenvalue weighted by atomic mass is 10.0. The Morgan fingerprint density at radius 2 is 0.657 bits per heavy atom. The lowest BCUT2D eigenvalue weighted by Gasteiger charge is -2.20. The largest absolute Gasteiger partial charge is 0.466 e. The number of aliphatic hydroxyl groups is 2. The fourth-order valence-corrected chi connectivity index (χ4v) is 10.2. The normalized spacial score (nSPS) is 12.6. The summed E-state index contributed by atoms with van der Waals surface area (Å²) in [5, 5.41) is 23.1. The van der Waals surface area contributed by atoms with Crippen molar-refractivity contribution in [3.8, 4) is 0 Å². The van der Waals surface area contributed by atoms with Gasteiger partial charge in [-0.15, -0.1) is 0 Å². The zero-order valence-electron chi connectivity index (χ0n) is 47.5. The first kappa shape index (κ1) is 68.6. The Bertz CT molecular complexity index is 1050. The van der Waals surface area contributed by atoms with E-state index in [2.05, 4.69) is 19.2 Å². The Morgan fingerprint density at radius 3 is 0.971 bits per heavy atom. The zero-order valence-corrected chi connectivity index (χ0v) is 47.5. The number of allylic oxidation sites excluding steroid dienone is 1. The number of aliphatic hydroxyl groups excluding tert-OH is 2. The van der Waals surface area contributed by atoms with E-state index < -0.39 is 12.1 Å². The number of rotatable bonds is 60. The monoisotopic (exact) mass is 988 g/mol. The summed E-state index contributed by atoms with van der Waals surface area (Å²) in [5.74, 6) is -0.0544. The molecule has 0 radical (unpaired) electrons. The van der Waals surface area contributed by atoms with Gasteiger partial charge in [-0.3, -0.25) is 9.59 Å². The Hall–Kier alpha value is -1.40. The standard InChI is InChI=1S/C64H125NO5/c1-3-5-7-9-11-13-15-17-19-20-22-26-30-34-38-42-46-50-54-58-64(69)70-59-55-51-47-43-39-35-31-27-24-21-23-25-29-33-37-41-45-49-53-57-63(68)65-61(60-66)62(67)56-52-48-44-40-36-32-28-18-16-14-12-10-8-6-4-2/h52,56,61-62,66-67H,3-51,53-55,57-60H2,1-2H3,(H,65,68)/b56-52+. The molecule has 0 heterocycles. The van der Waals surface area contributed by atoms with Gasteiger partial charge in [-0.05, 0) is 32.1 Å². The fraction of sp³-hybridized carbons (Fsp3) is 0.938. The maximum absolute atomic E-state index is 12.5. The zero-order chi connectivity index (χ0) is 50.7. The molecule has 0 aromatic carbocycles. The third-order valence-electron chi connectivity index (χ3n) is 15.1. The number of hydrogen-bond donors (Lipinski definition) is 3. The highest BCUT2D eigenvalue weighted by molar-refractivity contribution is 5.76. The van der Waals surface area contributed by atoms with Crippen molar-refractivity contribution in [2.75, 3.05) is 13.2 Å². The van der Waals surface area contributed by atoms with E-state index in [9.17, 15) is 19.8 Å². The van der Waals surface area contributed by atoms with Gasteiger partial charge in [0, 0.05) is 12.8 Å². The van der Waals surface area contributed by atoms with E-state index in [0.717, 1.165) is 38.5 Å². The van der Waals surface area contributed by atoms with Gasteiger partial charge in [-0.1, -0.05) is 328 Å².